The van der Waals surface area contributed by atoms with Gasteiger partial charge in [0, 0.05) is 28.8 Å². The van der Waals surface area contributed by atoms with E-state index in [0.29, 0.717) is 5.02 Å². The van der Waals surface area contributed by atoms with Crippen molar-refractivity contribution in [3.63, 3.8) is 0 Å². The number of hydrogen-bond acceptors (Lipinski definition) is 4. The average molecular weight is 469 g/mol. The van der Waals surface area contributed by atoms with Gasteiger partial charge in [-0.2, -0.15) is 0 Å². The Kier molecular flexibility index (Phi) is 7.01. The lowest BCUT2D eigenvalue weighted by Gasteiger charge is -2.22. The maximum absolute atomic E-state index is 14.8. The highest BCUT2D eigenvalue weighted by Crippen LogP contribution is 2.45. The van der Waals surface area contributed by atoms with Crippen molar-refractivity contribution in [3.8, 4) is 0 Å². The fraction of sp³-hybridized carbons (Fsp3) is 0.318. The van der Waals surface area contributed by atoms with E-state index in [0.717, 1.165) is 42.2 Å². The van der Waals surface area contributed by atoms with Gasteiger partial charge in [0.05, 0.1) is 17.3 Å². The first-order valence-electron chi connectivity index (χ1n) is 9.74. The van der Waals surface area contributed by atoms with Gasteiger partial charge in [-0.3, -0.25) is 4.79 Å². The third-order valence-corrected chi connectivity index (χ3v) is 5.91. The summed E-state index contributed by atoms with van der Waals surface area (Å²) in [5.41, 5.74) is 0.277. The molecule has 1 saturated carbocycles. The van der Waals surface area contributed by atoms with Crippen molar-refractivity contribution in [1.82, 2.24) is 5.32 Å². The van der Waals surface area contributed by atoms with Crippen molar-refractivity contribution >= 4 is 33.0 Å². The standard InChI is InChI=1S/C22H23ClF2N2O3S/c1-13(9-10-31(2,29)30)26-22(28)16-11-19(25)20(12-18(16)24)27-21(14-7-8-14)15-5-3-4-6-17(15)23/h3-6,9-14,21,27H,7-8H2,1-2H3,(H,26,28)/b10-9+/t13-,21+/m1/s1. The number of nitrogens with one attached hydrogen (secondary N) is 2. The molecule has 31 heavy (non-hydrogen) atoms. The molecule has 9 heteroatoms. The van der Waals surface area contributed by atoms with Gasteiger partial charge in [0.25, 0.3) is 5.91 Å². The number of anilines is 1. The molecule has 0 unspecified atom stereocenters. The Morgan fingerprint density at radius 1 is 1.19 bits per heavy atom. The summed E-state index contributed by atoms with van der Waals surface area (Å²) >= 11 is 6.29. The van der Waals surface area contributed by atoms with Crippen molar-refractivity contribution in [1.29, 1.82) is 0 Å². The van der Waals surface area contributed by atoms with Crippen LogP contribution in [0.4, 0.5) is 14.5 Å². The van der Waals surface area contributed by atoms with Crippen molar-refractivity contribution in [3.05, 3.63) is 75.7 Å². The zero-order chi connectivity index (χ0) is 22.8. The van der Waals surface area contributed by atoms with Gasteiger partial charge in [-0.05, 0) is 43.4 Å². The monoisotopic (exact) mass is 468 g/mol. The van der Waals surface area contributed by atoms with E-state index in [1.165, 1.54) is 13.0 Å². The van der Waals surface area contributed by atoms with Crippen LogP contribution in [-0.2, 0) is 9.84 Å². The smallest absolute Gasteiger partial charge is 0.254 e. The molecule has 0 radical (unpaired) electrons. The highest BCUT2D eigenvalue weighted by Gasteiger charge is 2.34. The van der Waals surface area contributed by atoms with E-state index in [9.17, 15) is 22.0 Å². The molecule has 2 atom stereocenters. The third-order valence-electron chi connectivity index (χ3n) is 4.92. The van der Waals surface area contributed by atoms with Gasteiger partial charge in [0.2, 0.25) is 0 Å². The summed E-state index contributed by atoms with van der Waals surface area (Å²) in [5, 5.41) is 6.95. The third kappa shape index (κ3) is 6.27. The van der Waals surface area contributed by atoms with E-state index < -0.39 is 39.0 Å². The Morgan fingerprint density at radius 3 is 2.48 bits per heavy atom. The molecule has 0 bridgehead atoms. The van der Waals surface area contributed by atoms with Crippen molar-refractivity contribution in [2.45, 2.75) is 31.8 Å². The van der Waals surface area contributed by atoms with Gasteiger partial charge in [0.15, 0.2) is 9.84 Å². The van der Waals surface area contributed by atoms with Crippen molar-refractivity contribution < 1.29 is 22.0 Å². The first kappa shape index (κ1) is 23.2. The Morgan fingerprint density at radius 2 is 1.87 bits per heavy atom. The molecule has 0 aromatic heterocycles. The van der Waals surface area contributed by atoms with Crippen molar-refractivity contribution in [2.24, 2.45) is 5.92 Å². The maximum atomic E-state index is 14.8. The molecule has 2 aromatic carbocycles. The van der Waals surface area contributed by atoms with Gasteiger partial charge < -0.3 is 10.6 Å². The molecule has 5 nitrogen and oxygen atoms in total. The number of hydrogen-bond donors (Lipinski definition) is 2. The molecule has 2 aromatic rings. The highest BCUT2D eigenvalue weighted by atomic mass is 35.5. The van der Waals surface area contributed by atoms with E-state index in [4.69, 9.17) is 11.6 Å². The molecule has 1 aliphatic rings. The number of amides is 1. The summed E-state index contributed by atoms with van der Waals surface area (Å²) in [5.74, 6) is -2.26. The van der Waals surface area contributed by atoms with Gasteiger partial charge in [0.1, 0.15) is 11.6 Å². The Balaban J connectivity index is 1.79. The van der Waals surface area contributed by atoms with Crippen molar-refractivity contribution in [2.75, 3.05) is 11.6 Å². The number of sulfone groups is 1. The van der Waals surface area contributed by atoms with Crippen LogP contribution in [0.5, 0.6) is 0 Å². The molecule has 1 amide bonds. The molecule has 0 spiro atoms. The Hall–Kier alpha value is -2.45. The lowest BCUT2D eigenvalue weighted by atomic mass is 10.0. The van der Waals surface area contributed by atoms with E-state index in [2.05, 4.69) is 10.6 Å². The molecule has 3 rings (SSSR count). The number of carbonyl (C=O) groups excluding carboxylic acids is 1. The first-order valence-corrected chi connectivity index (χ1v) is 12.1. The van der Waals surface area contributed by atoms with Crippen LogP contribution in [-0.4, -0.2) is 26.6 Å². The second kappa shape index (κ2) is 9.36. The van der Waals surface area contributed by atoms with E-state index in [1.54, 1.807) is 12.1 Å². The molecule has 2 N–H and O–H groups in total. The Labute approximate surface area is 185 Å². The minimum atomic E-state index is -3.36. The zero-order valence-corrected chi connectivity index (χ0v) is 18.6. The predicted molar refractivity (Wildman–Crippen MR) is 118 cm³/mol. The molecule has 0 aliphatic heterocycles. The molecular formula is C22H23ClF2N2O3S. The highest BCUT2D eigenvalue weighted by molar-refractivity contribution is 7.93. The molecular weight excluding hydrogens is 446 g/mol. The van der Waals surface area contributed by atoms with E-state index in [1.807, 2.05) is 12.1 Å². The first-order chi connectivity index (χ1) is 14.5. The fourth-order valence-corrected chi connectivity index (χ4v) is 3.97. The number of benzene rings is 2. The molecule has 0 heterocycles. The summed E-state index contributed by atoms with van der Waals surface area (Å²) < 4.78 is 51.7. The minimum absolute atomic E-state index is 0.0594. The largest absolute Gasteiger partial charge is 0.375 e. The topological polar surface area (TPSA) is 75.3 Å². The molecule has 166 valence electrons. The van der Waals surface area contributed by atoms with Crippen LogP contribution in [0.2, 0.25) is 5.02 Å². The quantitative estimate of drug-likeness (QED) is 0.580. The van der Waals surface area contributed by atoms with E-state index >= 15 is 0 Å². The van der Waals surface area contributed by atoms with Gasteiger partial charge >= 0.3 is 0 Å². The summed E-state index contributed by atoms with van der Waals surface area (Å²) in [6.45, 7) is 1.52. The van der Waals surface area contributed by atoms with Crippen LogP contribution in [0.15, 0.2) is 47.9 Å². The molecule has 0 saturated heterocycles. The lowest BCUT2D eigenvalue weighted by molar-refractivity contribution is 0.0942. The van der Waals surface area contributed by atoms with Crippen LogP contribution in [0.3, 0.4) is 0 Å². The minimum Gasteiger partial charge on any atom is -0.375 e. The fourth-order valence-electron chi connectivity index (χ4n) is 3.20. The van der Waals surface area contributed by atoms with E-state index in [-0.39, 0.29) is 17.6 Å². The molecule has 1 fully saturated rings. The summed E-state index contributed by atoms with van der Waals surface area (Å²) in [7, 11) is -3.36. The SMILES string of the molecule is C[C@H](/C=C/S(C)(=O)=O)NC(=O)c1cc(F)c(N[C@H](c2ccccc2Cl)C2CC2)cc1F. The van der Waals surface area contributed by atoms with Gasteiger partial charge in [-0.15, -0.1) is 0 Å². The Bertz CT molecular complexity index is 1120. The van der Waals surface area contributed by atoms with Crippen LogP contribution >= 0.6 is 11.6 Å². The molecule has 1 aliphatic carbocycles. The van der Waals surface area contributed by atoms with Gasteiger partial charge in [-0.1, -0.05) is 35.9 Å². The predicted octanol–water partition coefficient (Wildman–Crippen LogP) is 4.86. The number of rotatable bonds is 8. The summed E-state index contributed by atoms with van der Waals surface area (Å²) in [4.78, 5) is 12.3. The summed E-state index contributed by atoms with van der Waals surface area (Å²) in [6.07, 6.45) is 4.16. The van der Waals surface area contributed by atoms with Crippen LogP contribution in [0, 0.1) is 17.6 Å². The number of carbonyl (C=O) groups is 1. The maximum Gasteiger partial charge on any atom is 0.254 e. The lowest BCUT2D eigenvalue weighted by Crippen LogP contribution is -2.32. The van der Waals surface area contributed by atoms with Crippen LogP contribution < -0.4 is 10.6 Å². The second-order valence-electron chi connectivity index (χ2n) is 7.71. The average Bonchev–Trinajstić information content (AvgIpc) is 3.52. The van der Waals surface area contributed by atoms with Crippen LogP contribution in [0.25, 0.3) is 0 Å². The normalized spacial score (nSPS) is 16.2. The summed E-state index contributed by atoms with van der Waals surface area (Å²) in [6, 6.07) is 8.05. The van der Waals surface area contributed by atoms with Gasteiger partial charge in [-0.25, -0.2) is 17.2 Å². The second-order valence-corrected chi connectivity index (χ2v) is 10.1. The zero-order valence-electron chi connectivity index (χ0n) is 17.0. The van der Waals surface area contributed by atoms with Crippen LogP contribution in [0.1, 0.15) is 41.7 Å². The number of halogens is 3.